The van der Waals surface area contributed by atoms with Gasteiger partial charge in [-0.2, -0.15) is 0 Å². The van der Waals surface area contributed by atoms with Crippen LogP contribution in [-0.4, -0.2) is 14.9 Å². The summed E-state index contributed by atoms with van der Waals surface area (Å²) in [5.74, 6) is 0.442. The third kappa shape index (κ3) is 2.73. The van der Waals surface area contributed by atoms with Crippen molar-refractivity contribution in [2.75, 3.05) is 0 Å². The van der Waals surface area contributed by atoms with Crippen LogP contribution in [0, 0.1) is 17.0 Å². The Balaban J connectivity index is 2.62. The lowest BCUT2D eigenvalue weighted by molar-refractivity contribution is -0.384. The normalized spacial score (nSPS) is 10.4. The Hall–Kier alpha value is -1.34. The van der Waals surface area contributed by atoms with E-state index in [4.69, 9.17) is 0 Å². The summed E-state index contributed by atoms with van der Waals surface area (Å²) in [6, 6.07) is 6.33. The Bertz CT molecular complexity index is 611. The summed E-state index contributed by atoms with van der Waals surface area (Å²) >= 11 is 6.53. The molecule has 1 heterocycles. The molecular weight excluding hydrogens is 366 g/mol. The van der Waals surface area contributed by atoms with Gasteiger partial charge in [0.25, 0.3) is 5.69 Å². The lowest BCUT2D eigenvalue weighted by Crippen LogP contribution is -1.95. The van der Waals surface area contributed by atoms with Gasteiger partial charge in [-0.1, -0.05) is 6.07 Å². The molecule has 0 saturated heterocycles. The minimum Gasteiger partial charge on any atom is -0.258 e. The van der Waals surface area contributed by atoms with E-state index in [2.05, 4.69) is 41.8 Å². The Labute approximate surface area is 120 Å². The summed E-state index contributed by atoms with van der Waals surface area (Å²) in [5.41, 5.74) is 1.55. The zero-order valence-electron chi connectivity index (χ0n) is 9.22. The fourth-order valence-corrected chi connectivity index (χ4v) is 2.55. The van der Waals surface area contributed by atoms with Gasteiger partial charge in [-0.05, 0) is 44.3 Å². The van der Waals surface area contributed by atoms with Crippen LogP contribution in [0.5, 0.6) is 0 Å². The molecule has 1 aromatic heterocycles. The second-order valence-electron chi connectivity index (χ2n) is 3.59. The lowest BCUT2D eigenvalue weighted by Gasteiger charge is -2.05. The summed E-state index contributed by atoms with van der Waals surface area (Å²) in [5, 5.41) is 10.8. The Morgan fingerprint density at radius 3 is 2.33 bits per heavy atom. The predicted molar refractivity (Wildman–Crippen MR) is 74.3 cm³/mol. The molecule has 0 N–H and O–H groups in total. The first-order valence-corrected chi connectivity index (χ1v) is 6.51. The van der Waals surface area contributed by atoms with Crippen molar-refractivity contribution in [2.45, 2.75) is 6.92 Å². The lowest BCUT2D eigenvalue weighted by atomic mass is 10.1. The van der Waals surface area contributed by atoms with E-state index in [9.17, 15) is 10.1 Å². The molecule has 5 nitrogen and oxygen atoms in total. The number of aryl methyl sites for hydroxylation is 1. The van der Waals surface area contributed by atoms with Crippen LogP contribution in [0.15, 0.2) is 33.5 Å². The van der Waals surface area contributed by atoms with Crippen LogP contribution in [0.3, 0.4) is 0 Å². The molecule has 0 fully saturated rings. The van der Waals surface area contributed by atoms with Crippen molar-refractivity contribution in [3.8, 4) is 11.4 Å². The number of non-ortho nitro benzene ring substituents is 1. The number of nitro benzene ring substituents is 1. The van der Waals surface area contributed by atoms with Gasteiger partial charge >= 0.3 is 0 Å². The van der Waals surface area contributed by atoms with Crippen LogP contribution in [0.25, 0.3) is 11.4 Å². The van der Waals surface area contributed by atoms with Crippen molar-refractivity contribution < 1.29 is 4.92 Å². The van der Waals surface area contributed by atoms with Crippen LogP contribution in [0.4, 0.5) is 5.69 Å². The third-order valence-corrected chi connectivity index (χ3v) is 3.15. The molecule has 0 bridgehead atoms. The minimum atomic E-state index is -0.435. The van der Waals surface area contributed by atoms with Crippen molar-refractivity contribution in [1.29, 1.82) is 0 Å². The van der Waals surface area contributed by atoms with Crippen LogP contribution in [-0.2, 0) is 0 Å². The molecule has 7 heteroatoms. The van der Waals surface area contributed by atoms with Gasteiger partial charge in [-0.3, -0.25) is 10.1 Å². The summed E-state index contributed by atoms with van der Waals surface area (Å²) in [7, 11) is 0. The quantitative estimate of drug-likeness (QED) is 0.455. The molecule has 0 aliphatic rings. The van der Waals surface area contributed by atoms with Gasteiger partial charge < -0.3 is 0 Å². The van der Waals surface area contributed by atoms with Crippen molar-refractivity contribution in [3.63, 3.8) is 0 Å². The molecule has 0 unspecified atom stereocenters. The van der Waals surface area contributed by atoms with Gasteiger partial charge in [-0.15, -0.1) is 0 Å². The predicted octanol–water partition coefficient (Wildman–Crippen LogP) is 3.89. The molecule has 2 rings (SSSR count). The van der Waals surface area contributed by atoms with E-state index in [1.807, 2.05) is 6.92 Å². The van der Waals surface area contributed by atoms with Gasteiger partial charge in [0.2, 0.25) is 0 Å². The third-order valence-electron chi connectivity index (χ3n) is 2.34. The molecule has 0 aliphatic heterocycles. The number of nitrogens with zero attached hydrogens (tertiary/aromatic N) is 3. The number of aromatic nitrogens is 2. The first kappa shape index (κ1) is 13.1. The molecular formula is C11H7Br2N3O2. The maximum atomic E-state index is 10.8. The maximum Gasteiger partial charge on any atom is 0.270 e. The van der Waals surface area contributed by atoms with Crippen LogP contribution < -0.4 is 0 Å². The monoisotopic (exact) mass is 371 g/mol. The average Bonchev–Trinajstić information content (AvgIpc) is 2.27. The highest BCUT2D eigenvalue weighted by Crippen LogP contribution is 2.27. The molecule has 2 aromatic rings. The molecule has 0 spiro atoms. The highest BCUT2D eigenvalue weighted by molar-refractivity contribution is 9.11. The van der Waals surface area contributed by atoms with Crippen molar-refractivity contribution in [3.05, 3.63) is 49.1 Å². The maximum absolute atomic E-state index is 10.8. The summed E-state index contributed by atoms with van der Waals surface area (Å²) in [4.78, 5) is 18.8. The Morgan fingerprint density at radius 2 is 1.78 bits per heavy atom. The zero-order chi connectivity index (χ0) is 13.3. The topological polar surface area (TPSA) is 68.9 Å². The van der Waals surface area contributed by atoms with Gasteiger partial charge in [0.1, 0.15) is 9.21 Å². The minimum absolute atomic E-state index is 0.0234. The number of rotatable bonds is 2. The number of hydrogen-bond acceptors (Lipinski definition) is 4. The molecule has 18 heavy (non-hydrogen) atoms. The van der Waals surface area contributed by atoms with Gasteiger partial charge in [0, 0.05) is 23.8 Å². The Kier molecular flexibility index (Phi) is 3.72. The van der Waals surface area contributed by atoms with E-state index in [1.165, 1.54) is 12.1 Å². The number of benzene rings is 1. The van der Waals surface area contributed by atoms with Gasteiger partial charge in [0.05, 0.1) is 4.92 Å². The highest BCUT2D eigenvalue weighted by atomic mass is 79.9. The summed E-state index contributed by atoms with van der Waals surface area (Å²) in [6.07, 6.45) is 0. The fraction of sp³-hybridized carbons (Fsp3) is 0.0909. The Morgan fingerprint density at radius 1 is 1.17 bits per heavy atom. The van der Waals surface area contributed by atoms with E-state index in [0.717, 1.165) is 5.56 Å². The van der Waals surface area contributed by atoms with Crippen LogP contribution >= 0.6 is 31.9 Å². The SMILES string of the molecule is Cc1ccc([N+](=O)[O-])cc1-c1nc(Br)cc(Br)n1. The molecule has 0 aliphatic carbocycles. The first-order chi connectivity index (χ1) is 8.47. The van der Waals surface area contributed by atoms with Gasteiger partial charge in [0.15, 0.2) is 5.82 Å². The fourth-order valence-electron chi connectivity index (χ4n) is 1.48. The molecule has 1 aromatic carbocycles. The van der Waals surface area contributed by atoms with Gasteiger partial charge in [-0.25, -0.2) is 9.97 Å². The van der Waals surface area contributed by atoms with E-state index in [-0.39, 0.29) is 5.69 Å². The number of nitro groups is 1. The van der Waals surface area contributed by atoms with Crippen LogP contribution in [0.2, 0.25) is 0 Å². The second kappa shape index (κ2) is 5.11. The van der Waals surface area contributed by atoms with E-state index in [0.29, 0.717) is 20.6 Å². The van der Waals surface area contributed by atoms with Crippen LogP contribution in [0.1, 0.15) is 5.56 Å². The molecule has 0 radical (unpaired) electrons. The number of hydrogen-bond donors (Lipinski definition) is 0. The first-order valence-electron chi connectivity index (χ1n) is 4.93. The zero-order valence-corrected chi connectivity index (χ0v) is 12.4. The summed E-state index contributed by atoms with van der Waals surface area (Å²) in [6.45, 7) is 1.86. The van der Waals surface area contributed by atoms with Crippen molar-refractivity contribution in [2.24, 2.45) is 0 Å². The van der Waals surface area contributed by atoms with Crippen molar-refractivity contribution in [1.82, 2.24) is 9.97 Å². The van der Waals surface area contributed by atoms with E-state index >= 15 is 0 Å². The van der Waals surface area contributed by atoms with E-state index < -0.39 is 4.92 Å². The van der Waals surface area contributed by atoms with Crippen molar-refractivity contribution >= 4 is 37.5 Å². The smallest absolute Gasteiger partial charge is 0.258 e. The molecule has 92 valence electrons. The second-order valence-corrected chi connectivity index (χ2v) is 5.22. The largest absolute Gasteiger partial charge is 0.270 e. The summed E-state index contributed by atoms with van der Waals surface area (Å²) < 4.78 is 1.23. The van der Waals surface area contributed by atoms with E-state index in [1.54, 1.807) is 12.1 Å². The number of halogens is 2. The highest BCUT2D eigenvalue weighted by Gasteiger charge is 2.13. The standard InChI is InChI=1S/C11H7Br2N3O2/c1-6-2-3-7(16(17)18)4-8(6)11-14-9(12)5-10(13)15-11/h2-5H,1H3. The molecule has 0 atom stereocenters. The molecule has 0 saturated carbocycles. The average molecular weight is 373 g/mol. The molecule has 0 amide bonds.